The molecule has 128 valence electrons. The highest BCUT2D eigenvalue weighted by Crippen LogP contribution is 2.22. The third kappa shape index (κ3) is 5.05. The van der Waals surface area contributed by atoms with Crippen molar-refractivity contribution in [3.63, 3.8) is 0 Å². The highest BCUT2D eigenvalue weighted by molar-refractivity contribution is 5.88. The van der Waals surface area contributed by atoms with Crippen LogP contribution < -0.4 is 5.73 Å². The maximum Gasteiger partial charge on any atom is 0.365 e. The zero-order valence-electron chi connectivity index (χ0n) is 13.1. The van der Waals surface area contributed by atoms with Crippen molar-refractivity contribution in [3.05, 3.63) is 51.4 Å². The zero-order valence-corrected chi connectivity index (χ0v) is 13.1. The van der Waals surface area contributed by atoms with Gasteiger partial charge in [0.2, 0.25) is 5.79 Å². The van der Waals surface area contributed by atoms with Crippen LogP contribution in [0.4, 0.5) is 5.69 Å². The Hall–Kier alpha value is -2.96. The van der Waals surface area contributed by atoms with Gasteiger partial charge in [0.1, 0.15) is 6.61 Å². The number of carbonyl (C=O) groups is 1. The lowest BCUT2D eigenvalue weighted by Crippen LogP contribution is -2.44. The fraction of sp³-hybridized carbons (Fsp3) is 0.333. The van der Waals surface area contributed by atoms with Gasteiger partial charge in [-0.2, -0.15) is 0 Å². The molecule has 0 radical (unpaired) electrons. The molecule has 1 atom stereocenters. The Bertz CT molecular complexity index is 688. The minimum absolute atomic E-state index is 0.0408. The van der Waals surface area contributed by atoms with E-state index in [1.165, 1.54) is 44.4 Å². The summed E-state index contributed by atoms with van der Waals surface area (Å²) in [5.41, 5.74) is 7.15. The summed E-state index contributed by atoms with van der Waals surface area (Å²) in [6.45, 7) is -0.135. The second-order valence-corrected chi connectivity index (χ2v) is 4.68. The monoisotopic (exact) mass is 336 g/mol. The van der Waals surface area contributed by atoms with Crippen LogP contribution in [-0.2, 0) is 30.2 Å². The number of benzene rings is 1. The first-order valence-electron chi connectivity index (χ1n) is 6.64. The summed E-state index contributed by atoms with van der Waals surface area (Å²) >= 11 is 0. The van der Waals surface area contributed by atoms with Crippen LogP contribution in [0.25, 0.3) is 0 Å². The predicted octanol–water partition coefficient (Wildman–Crippen LogP) is 0.499. The lowest BCUT2D eigenvalue weighted by atomic mass is 10.0. The molecule has 0 spiro atoms. The summed E-state index contributed by atoms with van der Waals surface area (Å²) in [7, 11) is 2.68. The first-order chi connectivity index (χ1) is 11.4. The maximum absolute atomic E-state index is 11.9. The largest absolute Gasteiger partial charge is 0.425 e. The lowest BCUT2D eigenvalue weighted by molar-refractivity contribution is -0.384. The molecule has 0 fully saturated rings. The van der Waals surface area contributed by atoms with Gasteiger partial charge in [-0.15, -0.1) is 0 Å². The molecule has 0 saturated carbocycles. The second-order valence-electron chi connectivity index (χ2n) is 4.68. The molecule has 0 aliphatic rings. The van der Waals surface area contributed by atoms with Crippen molar-refractivity contribution < 1.29 is 28.7 Å². The third-order valence-corrected chi connectivity index (χ3v) is 3.04. The summed E-state index contributed by atoms with van der Waals surface area (Å²) < 4.78 is 15.5. The topological polar surface area (TPSA) is 131 Å². The van der Waals surface area contributed by atoms with Crippen LogP contribution in [0, 0.1) is 10.1 Å². The first kappa shape index (κ1) is 19.1. The summed E-state index contributed by atoms with van der Waals surface area (Å²) in [6, 6.07) is 5.63. The number of nitrogens with zero attached hydrogens (tertiary/aromatic N) is 1. The van der Waals surface area contributed by atoms with Crippen molar-refractivity contribution in [2.45, 2.75) is 12.2 Å². The van der Waals surface area contributed by atoms with Crippen LogP contribution in [0.5, 0.6) is 0 Å². The second kappa shape index (κ2) is 8.61. The van der Waals surface area contributed by atoms with E-state index in [0.717, 1.165) is 0 Å². The summed E-state index contributed by atoms with van der Waals surface area (Å²) in [5, 5.41) is 10.7. The molecule has 24 heavy (non-hydrogen) atoms. The standard InChI is InChI=1S/C15H16N2O7/c1-22-10-15(23-2,24-14(19)13(16)7-8-18)9-11-3-5-12(6-4-11)17(20)21/h3-6H,9-10,16H2,1-2H3. The molecule has 2 N–H and O–H groups in total. The van der Waals surface area contributed by atoms with Crippen LogP contribution in [0.1, 0.15) is 5.56 Å². The summed E-state index contributed by atoms with van der Waals surface area (Å²) in [4.78, 5) is 32.2. The van der Waals surface area contributed by atoms with E-state index in [2.05, 4.69) is 0 Å². The summed E-state index contributed by atoms with van der Waals surface area (Å²) in [5.74, 6) is -1.31. The van der Waals surface area contributed by atoms with E-state index in [1.807, 2.05) is 5.73 Å². The number of hydrogen-bond acceptors (Lipinski definition) is 8. The van der Waals surface area contributed by atoms with Gasteiger partial charge in [0, 0.05) is 38.5 Å². The molecule has 9 heteroatoms. The van der Waals surface area contributed by atoms with Gasteiger partial charge in [0.15, 0.2) is 11.6 Å². The number of ether oxygens (including phenoxy) is 3. The van der Waals surface area contributed by atoms with Crippen LogP contribution >= 0.6 is 0 Å². The molecule has 0 heterocycles. The molecule has 1 unspecified atom stereocenters. The number of methoxy groups -OCH3 is 2. The number of non-ortho nitro benzene ring substituents is 1. The molecule has 1 aromatic carbocycles. The zero-order chi connectivity index (χ0) is 18.2. The Morgan fingerprint density at radius 1 is 1.33 bits per heavy atom. The predicted molar refractivity (Wildman–Crippen MR) is 81.4 cm³/mol. The molecule has 0 saturated heterocycles. The van der Waals surface area contributed by atoms with Crippen LogP contribution in [0.3, 0.4) is 0 Å². The molecular formula is C15H16N2O7. The van der Waals surface area contributed by atoms with Crippen molar-refractivity contribution in [1.29, 1.82) is 0 Å². The van der Waals surface area contributed by atoms with E-state index in [4.69, 9.17) is 19.9 Å². The molecule has 0 aromatic heterocycles. The normalized spacial score (nSPS) is 12.4. The minimum Gasteiger partial charge on any atom is -0.425 e. The quantitative estimate of drug-likeness (QED) is 0.138. The number of carbonyl (C=O) groups excluding carboxylic acids is 2. The molecule has 0 aliphatic heterocycles. The van der Waals surface area contributed by atoms with E-state index in [-0.39, 0.29) is 18.7 Å². The number of esters is 1. The van der Waals surface area contributed by atoms with Gasteiger partial charge >= 0.3 is 5.97 Å². The number of nitrogens with two attached hydrogens (primary N) is 1. The Morgan fingerprint density at radius 3 is 2.42 bits per heavy atom. The molecule has 9 nitrogen and oxygen atoms in total. The molecule has 0 bridgehead atoms. The van der Waals surface area contributed by atoms with Gasteiger partial charge in [-0.25, -0.2) is 9.59 Å². The van der Waals surface area contributed by atoms with E-state index < -0.39 is 22.4 Å². The van der Waals surface area contributed by atoms with Gasteiger partial charge < -0.3 is 19.9 Å². The van der Waals surface area contributed by atoms with Gasteiger partial charge in [-0.3, -0.25) is 10.1 Å². The molecular weight excluding hydrogens is 320 g/mol. The van der Waals surface area contributed by atoms with Crippen LogP contribution in [0.15, 0.2) is 35.7 Å². The SMILES string of the molecule is COCC(Cc1ccc([N+](=O)[O-])cc1)(OC)OC(=O)C(N)=C=C=O. The van der Waals surface area contributed by atoms with Crippen molar-refractivity contribution in [3.8, 4) is 0 Å². The van der Waals surface area contributed by atoms with Crippen LogP contribution in [-0.4, -0.2) is 43.4 Å². The van der Waals surface area contributed by atoms with Crippen molar-refractivity contribution in [1.82, 2.24) is 0 Å². The smallest absolute Gasteiger partial charge is 0.365 e. The Labute approximate surface area is 137 Å². The lowest BCUT2D eigenvalue weighted by Gasteiger charge is -2.31. The van der Waals surface area contributed by atoms with Gasteiger partial charge in [-0.1, -0.05) is 12.1 Å². The van der Waals surface area contributed by atoms with E-state index in [1.54, 1.807) is 0 Å². The summed E-state index contributed by atoms with van der Waals surface area (Å²) in [6.07, 6.45) is 0.0408. The van der Waals surface area contributed by atoms with E-state index >= 15 is 0 Å². The Morgan fingerprint density at radius 2 is 1.96 bits per heavy atom. The van der Waals surface area contributed by atoms with E-state index in [0.29, 0.717) is 5.56 Å². The molecule has 1 rings (SSSR count). The van der Waals surface area contributed by atoms with Crippen LogP contribution in [0.2, 0.25) is 0 Å². The highest BCUT2D eigenvalue weighted by atomic mass is 16.7. The fourth-order valence-corrected chi connectivity index (χ4v) is 1.89. The average Bonchev–Trinajstić information content (AvgIpc) is 2.55. The minimum atomic E-state index is -1.53. The van der Waals surface area contributed by atoms with Gasteiger partial charge in [0.25, 0.3) is 5.69 Å². The maximum atomic E-state index is 11.9. The van der Waals surface area contributed by atoms with Crippen molar-refractivity contribution in [2.24, 2.45) is 5.73 Å². The molecule has 0 aliphatic carbocycles. The Balaban J connectivity index is 3.06. The fourth-order valence-electron chi connectivity index (χ4n) is 1.89. The van der Waals surface area contributed by atoms with E-state index in [9.17, 15) is 19.7 Å². The van der Waals surface area contributed by atoms with Gasteiger partial charge in [-0.05, 0) is 5.56 Å². The van der Waals surface area contributed by atoms with Crippen molar-refractivity contribution in [2.75, 3.05) is 20.8 Å². The first-order valence-corrected chi connectivity index (χ1v) is 6.64. The number of rotatable bonds is 8. The number of nitro benzene ring substituents is 1. The third-order valence-electron chi connectivity index (χ3n) is 3.04. The average molecular weight is 336 g/mol. The molecule has 0 amide bonds. The van der Waals surface area contributed by atoms with Gasteiger partial charge in [0.05, 0.1) is 4.92 Å². The highest BCUT2D eigenvalue weighted by Gasteiger charge is 2.36. The Kier molecular flexibility index (Phi) is 6.85. The number of nitro groups is 1. The number of hydrogen-bond donors (Lipinski definition) is 1. The molecule has 1 aromatic rings. The van der Waals surface area contributed by atoms with Crippen molar-refractivity contribution >= 4 is 17.6 Å².